The molecule has 0 radical (unpaired) electrons. The lowest BCUT2D eigenvalue weighted by Gasteiger charge is -2.07. The smallest absolute Gasteiger partial charge is 0.319 e. The SMILES string of the molecule is C=CCNC(=O)Nc1ccc(NC(=O)c2csc(-c3ccsc3)n2)cc1. The molecule has 132 valence electrons. The second-order valence-corrected chi connectivity index (χ2v) is 6.84. The first kappa shape index (κ1) is 17.8. The van der Waals surface area contributed by atoms with Crippen LogP contribution in [0.2, 0.25) is 0 Å². The van der Waals surface area contributed by atoms with Crippen LogP contribution in [0.3, 0.4) is 0 Å². The molecule has 0 aliphatic heterocycles. The number of aromatic nitrogens is 1. The molecule has 0 unspecified atom stereocenters. The molecule has 0 fully saturated rings. The summed E-state index contributed by atoms with van der Waals surface area (Å²) in [6, 6.07) is 8.51. The largest absolute Gasteiger partial charge is 0.334 e. The zero-order valence-electron chi connectivity index (χ0n) is 13.7. The van der Waals surface area contributed by atoms with Crippen molar-refractivity contribution in [2.75, 3.05) is 17.2 Å². The van der Waals surface area contributed by atoms with Crippen molar-refractivity contribution in [1.29, 1.82) is 0 Å². The van der Waals surface area contributed by atoms with Crippen LogP contribution < -0.4 is 16.0 Å². The summed E-state index contributed by atoms with van der Waals surface area (Å²) in [5, 5.41) is 14.6. The molecular formula is C18H16N4O2S2. The van der Waals surface area contributed by atoms with Crippen molar-refractivity contribution in [3.8, 4) is 10.6 Å². The van der Waals surface area contributed by atoms with Gasteiger partial charge >= 0.3 is 6.03 Å². The van der Waals surface area contributed by atoms with E-state index in [-0.39, 0.29) is 11.9 Å². The van der Waals surface area contributed by atoms with Crippen LogP contribution >= 0.6 is 22.7 Å². The molecule has 3 rings (SSSR count). The number of thiazole rings is 1. The number of amides is 3. The third kappa shape index (κ3) is 4.56. The molecule has 2 aromatic heterocycles. The van der Waals surface area contributed by atoms with Gasteiger partial charge in [0, 0.05) is 34.2 Å². The fraction of sp³-hybridized carbons (Fsp3) is 0.0556. The summed E-state index contributed by atoms with van der Waals surface area (Å²) in [5.74, 6) is -0.271. The maximum atomic E-state index is 12.3. The van der Waals surface area contributed by atoms with Gasteiger partial charge in [0.15, 0.2) is 0 Å². The molecule has 26 heavy (non-hydrogen) atoms. The second kappa shape index (κ2) is 8.41. The van der Waals surface area contributed by atoms with Gasteiger partial charge in [0.1, 0.15) is 10.7 Å². The summed E-state index contributed by atoms with van der Waals surface area (Å²) in [4.78, 5) is 28.3. The fourth-order valence-electron chi connectivity index (χ4n) is 2.07. The average Bonchev–Trinajstić information content (AvgIpc) is 3.33. The van der Waals surface area contributed by atoms with Crippen LogP contribution in [0.5, 0.6) is 0 Å². The van der Waals surface area contributed by atoms with E-state index in [9.17, 15) is 9.59 Å². The van der Waals surface area contributed by atoms with Gasteiger partial charge in [-0.15, -0.1) is 17.9 Å². The molecule has 1 aromatic carbocycles. The predicted molar refractivity (Wildman–Crippen MR) is 107 cm³/mol. The number of nitrogens with one attached hydrogen (secondary N) is 3. The number of rotatable bonds is 6. The van der Waals surface area contributed by atoms with E-state index in [1.54, 1.807) is 47.1 Å². The Morgan fingerprint density at radius 3 is 2.46 bits per heavy atom. The van der Waals surface area contributed by atoms with Gasteiger partial charge in [-0.25, -0.2) is 9.78 Å². The van der Waals surface area contributed by atoms with E-state index >= 15 is 0 Å². The molecule has 3 amide bonds. The predicted octanol–water partition coefficient (Wildman–Crippen LogP) is 4.43. The first-order valence-corrected chi connectivity index (χ1v) is 9.53. The molecule has 0 atom stereocenters. The minimum absolute atomic E-state index is 0.271. The standard InChI is InChI=1S/C18H16N4O2S2/c1-2-8-19-18(24)21-14-5-3-13(4-6-14)20-16(23)15-11-26-17(22-15)12-7-9-25-10-12/h2-7,9-11H,1,8H2,(H,20,23)(H2,19,21,24). The molecule has 0 saturated heterocycles. The van der Waals surface area contributed by atoms with Gasteiger partial charge < -0.3 is 16.0 Å². The maximum absolute atomic E-state index is 12.3. The van der Waals surface area contributed by atoms with Gasteiger partial charge in [-0.1, -0.05) is 6.08 Å². The van der Waals surface area contributed by atoms with Crippen LogP contribution in [0, 0.1) is 0 Å². The highest BCUT2D eigenvalue weighted by molar-refractivity contribution is 7.14. The summed E-state index contributed by atoms with van der Waals surface area (Å²) in [6.45, 7) is 3.92. The molecule has 3 N–H and O–H groups in total. The van der Waals surface area contributed by atoms with E-state index in [0.29, 0.717) is 23.6 Å². The van der Waals surface area contributed by atoms with Crippen molar-refractivity contribution >= 4 is 46.0 Å². The number of thiophene rings is 1. The highest BCUT2D eigenvalue weighted by Gasteiger charge is 2.12. The van der Waals surface area contributed by atoms with Gasteiger partial charge in [-0.3, -0.25) is 4.79 Å². The summed E-state index contributed by atoms with van der Waals surface area (Å²) in [7, 11) is 0. The second-order valence-electron chi connectivity index (χ2n) is 5.21. The number of benzene rings is 1. The zero-order valence-corrected chi connectivity index (χ0v) is 15.3. The number of anilines is 2. The van der Waals surface area contributed by atoms with E-state index < -0.39 is 0 Å². The highest BCUT2D eigenvalue weighted by Crippen LogP contribution is 2.26. The monoisotopic (exact) mass is 384 g/mol. The number of nitrogens with zero attached hydrogens (tertiary/aromatic N) is 1. The molecule has 6 nitrogen and oxygen atoms in total. The first-order chi connectivity index (χ1) is 12.7. The Morgan fingerprint density at radius 2 is 1.81 bits per heavy atom. The van der Waals surface area contributed by atoms with Crippen molar-refractivity contribution in [2.45, 2.75) is 0 Å². The van der Waals surface area contributed by atoms with Crippen LogP contribution in [0.1, 0.15) is 10.5 Å². The van der Waals surface area contributed by atoms with E-state index in [0.717, 1.165) is 10.6 Å². The molecule has 0 spiro atoms. The molecule has 0 aliphatic rings. The van der Waals surface area contributed by atoms with Gasteiger partial charge in [0.25, 0.3) is 5.91 Å². The lowest BCUT2D eigenvalue weighted by molar-refractivity contribution is 0.102. The fourth-order valence-corrected chi connectivity index (χ4v) is 3.58. The third-order valence-electron chi connectivity index (χ3n) is 3.31. The average molecular weight is 384 g/mol. The van der Waals surface area contributed by atoms with Crippen LogP contribution in [0.4, 0.5) is 16.2 Å². The molecule has 8 heteroatoms. The van der Waals surface area contributed by atoms with E-state index in [1.807, 2.05) is 16.8 Å². The molecule has 3 aromatic rings. The maximum Gasteiger partial charge on any atom is 0.319 e. The van der Waals surface area contributed by atoms with Crippen LogP contribution in [-0.2, 0) is 0 Å². The van der Waals surface area contributed by atoms with Crippen LogP contribution in [0.15, 0.2) is 59.1 Å². The van der Waals surface area contributed by atoms with Crippen molar-refractivity contribution in [3.63, 3.8) is 0 Å². The number of urea groups is 1. The normalized spacial score (nSPS) is 10.2. The highest BCUT2D eigenvalue weighted by atomic mass is 32.1. The molecule has 0 saturated carbocycles. The third-order valence-corrected chi connectivity index (χ3v) is 4.89. The Morgan fingerprint density at radius 1 is 1.08 bits per heavy atom. The lowest BCUT2D eigenvalue weighted by Crippen LogP contribution is -2.28. The van der Waals surface area contributed by atoms with Crippen molar-refractivity contribution in [3.05, 3.63) is 64.8 Å². The Kier molecular flexibility index (Phi) is 5.77. The van der Waals surface area contributed by atoms with Crippen LogP contribution in [-0.4, -0.2) is 23.5 Å². The quantitative estimate of drug-likeness (QED) is 0.550. The number of carbonyl (C=O) groups excluding carboxylic acids is 2. The summed E-state index contributed by atoms with van der Waals surface area (Å²) in [6.07, 6.45) is 1.60. The van der Waals surface area contributed by atoms with Crippen LogP contribution in [0.25, 0.3) is 10.6 Å². The number of hydrogen-bond acceptors (Lipinski definition) is 5. The number of carbonyl (C=O) groups is 2. The summed E-state index contributed by atoms with van der Waals surface area (Å²) in [5.41, 5.74) is 2.64. The molecule has 2 heterocycles. The first-order valence-electron chi connectivity index (χ1n) is 7.71. The van der Waals surface area contributed by atoms with Crippen molar-refractivity contribution < 1.29 is 9.59 Å². The molecular weight excluding hydrogens is 368 g/mol. The van der Waals surface area contributed by atoms with Gasteiger partial charge in [-0.2, -0.15) is 11.3 Å². The molecule has 0 aliphatic carbocycles. The van der Waals surface area contributed by atoms with E-state index in [4.69, 9.17) is 0 Å². The Bertz CT molecular complexity index is 902. The van der Waals surface area contributed by atoms with Gasteiger partial charge in [-0.05, 0) is 35.7 Å². The van der Waals surface area contributed by atoms with Crippen molar-refractivity contribution in [2.24, 2.45) is 0 Å². The minimum atomic E-state index is -0.315. The van der Waals surface area contributed by atoms with Gasteiger partial charge in [0.2, 0.25) is 0 Å². The van der Waals surface area contributed by atoms with E-state index in [1.165, 1.54) is 11.3 Å². The summed E-state index contributed by atoms with van der Waals surface area (Å²) >= 11 is 3.03. The topological polar surface area (TPSA) is 83.1 Å². The van der Waals surface area contributed by atoms with E-state index in [2.05, 4.69) is 27.5 Å². The molecule has 0 bridgehead atoms. The Hall–Kier alpha value is -2.97. The minimum Gasteiger partial charge on any atom is -0.334 e. The summed E-state index contributed by atoms with van der Waals surface area (Å²) < 4.78 is 0. The number of hydrogen-bond donors (Lipinski definition) is 3. The Labute approximate surface area is 158 Å². The lowest BCUT2D eigenvalue weighted by atomic mass is 10.2. The Balaban J connectivity index is 1.59. The van der Waals surface area contributed by atoms with Gasteiger partial charge in [0.05, 0.1) is 0 Å². The zero-order chi connectivity index (χ0) is 18.4. The van der Waals surface area contributed by atoms with Crippen molar-refractivity contribution in [1.82, 2.24) is 10.3 Å².